The van der Waals surface area contributed by atoms with Crippen LogP contribution in [0.5, 0.6) is 0 Å². The molecule has 0 amide bonds. The Kier molecular flexibility index (Phi) is 11.7. The highest BCUT2D eigenvalue weighted by Gasteiger charge is 2.11. The number of aliphatic imine (C=N–C) groups is 1. The van der Waals surface area contributed by atoms with Gasteiger partial charge in [-0.15, -0.1) is 24.0 Å². The highest BCUT2D eigenvalue weighted by atomic mass is 127. The molecule has 1 aromatic rings. The van der Waals surface area contributed by atoms with E-state index in [9.17, 15) is 0 Å². The van der Waals surface area contributed by atoms with E-state index in [4.69, 9.17) is 14.5 Å². The van der Waals surface area contributed by atoms with Crippen LogP contribution in [-0.4, -0.2) is 83.1 Å². The summed E-state index contributed by atoms with van der Waals surface area (Å²) in [6, 6.07) is 8.74. The predicted octanol–water partition coefficient (Wildman–Crippen LogP) is 1.92. The fraction of sp³-hybridized carbons (Fsp3) is 0.667. The van der Waals surface area contributed by atoms with Crippen LogP contribution in [0.25, 0.3) is 0 Å². The summed E-state index contributed by atoms with van der Waals surface area (Å²) in [4.78, 5) is 9.57. The summed E-state index contributed by atoms with van der Waals surface area (Å²) >= 11 is 0. The van der Waals surface area contributed by atoms with Crippen LogP contribution >= 0.6 is 24.0 Å². The maximum atomic E-state index is 5.43. The average Bonchev–Trinajstić information content (AvgIpc) is 2.76. The molecule has 0 radical (unpaired) electrons. The number of guanidine groups is 1. The largest absolute Gasteiger partial charge is 0.379 e. The molecule has 2 aliphatic rings. The lowest BCUT2D eigenvalue weighted by molar-refractivity contribution is 0.0376. The first-order chi connectivity index (χ1) is 13.8. The quantitative estimate of drug-likeness (QED) is 0.238. The molecule has 29 heavy (non-hydrogen) atoms. The molecule has 164 valence electrons. The first kappa shape index (κ1) is 24.2. The van der Waals surface area contributed by atoms with Crippen molar-refractivity contribution < 1.29 is 9.47 Å². The molecule has 0 aromatic heterocycles. The molecule has 0 saturated carbocycles. The Labute approximate surface area is 192 Å². The van der Waals surface area contributed by atoms with Gasteiger partial charge in [-0.1, -0.05) is 12.1 Å². The van der Waals surface area contributed by atoms with Crippen LogP contribution in [0.4, 0.5) is 5.69 Å². The van der Waals surface area contributed by atoms with Gasteiger partial charge >= 0.3 is 0 Å². The molecule has 1 aromatic carbocycles. The first-order valence-corrected chi connectivity index (χ1v) is 10.6. The van der Waals surface area contributed by atoms with Crippen molar-refractivity contribution in [3.05, 3.63) is 29.8 Å². The summed E-state index contributed by atoms with van der Waals surface area (Å²) in [6.07, 6.45) is 1.11. The number of halogens is 1. The van der Waals surface area contributed by atoms with Crippen LogP contribution in [0.15, 0.2) is 29.3 Å². The van der Waals surface area contributed by atoms with Gasteiger partial charge in [-0.25, -0.2) is 4.99 Å². The minimum atomic E-state index is 0. The van der Waals surface area contributed by atoms with Gasteiger partial charge in [-0.2, -0.15) is 0 Å². The van der Waals surface area contributed by atoms with E-state index in [1.165, 1.54) is 11.3 Å². The monoisotopic (exact) mass is 517 g/mol. The van der Waals surface area contributed by atoms with Crippen molar-refractivity contribution in [1.82, 2.24) is 15.5 Å². The van der Waals surface area contributed by atoms with Crippen molar-refractivity contribution in [2.45, 2.75) is 19.9 Å². The zero-order valence-electron chi connectivity index (χ0n) is 17.6. The Balaban J connectivity index is 0.00000300. The molecule has 2 aliphatic heterocycles. The summed E-state index contributed by atoms with van der Waals surface area (Å²) in [5, 5.41) is 6.79. The van der Waals surface area contributed by atoms with Gasteiger partial charge in [0.05, 0.1) is 33.0 Å². The van der Waals surface area contributed by atoms with E-state index in [2.05, 4.69) is 51.6 Å². The Morgan fingerprint density at radius 2 is 1.62 bits per heavy atom. The highest BCUT2D eigenvalue weighted by Crippen LogP contribution is 2.17. The lowest BCUT2D eigenvalue weighted by atomic mass is 10.2. The van der Waals surface area contributed by atoms with Gasteiger partial charge in [-0.3, -0.25) is 4.90 Å². The molecule has 0 atom stereocenters. The molecular weight excluding hydrogens is 481 g/mol. The Morgan fingerprint density at radius 1 is 0.966 bits per heavy atom. The van der Waals surface area contributed by atoms with Crippen molar-refractivity contribution in [2.75, 3.05) is 77.1 Å². The molecule has 0 aliphatic carbocycles. The minimum absolute atomic E-state index is 0. The summed E-state index contributed by atoms with van der Waals surface area (Å²) in [7, 11) is 0. The Hall–Kier alpha value is -1.10. The molecular formula is C21H36IN5O2. The maximum absolute atomic E-state index is 5.43. The summed E-state index contributed by atoms with van der Waals surface area (Å²) in [5.41, 5.74) is 2.49. The van der Waals surface area contributed by atoms with Gasteiger partial charge in [0.2, 0.25) is 0 Å². The second-order valence-corrected chi connectivity index (χ2v) is 7.20. The van der Waals surface area contributed by atoms with Gasteiger partial charge in [0.15, 0.2) is 5.96 Å². The van der Waals surface area contributed by atoms with Crippen LogP contribution in [-0.2, 0) is 16.0 Å². The third-order valence-electron chi connectivity index (χ3n) is 5.12. The summed E-state index contributed by atoms with van der Waals surface area (Å²) in [5.74, 6) is 0.890. The van der Waals surface area contributed by atoms with Gasteiger partial charge in [-0.05, 0) is 37.6 Å². The molecule has 7 nitrogen and oxygen atoms in total. The maximum Gasteiger partial charge on any atom is 0.191 e. The lowest BCUT2D eigenvalue weighted by Gasteiger charge is -2.28. The van der Waals surface area contributed by atoms with Gasteiger partial charge in [0.25, 0.3) is 0 Å². The zero-order valence-corrected chi connectivity index (χ0v) is 19.9. The number of rotatable bonds is 8. The third-order valence-corrected chi connectivity index (χ3v) is 5.12. The lowest BCUT2D eigenvalue weighted by Crippen LogP contribution is -2.40. The standard InChI is InChI=1S/C21H35N5O2.HI/c1-2-22-21(23-8-3-9-25-10-14-27-15-11-25)24-18-19-4-6-20(7-5-19)26-12-16-28-17-13-26;/h4-7H,2-3,8-18H2,1H3,(H2,22,23,24);1H. The molecule has 0 bridgehead atoms. The van der Waals surface area contributed by atoms with Gasteiger partial charge < -0.3 is 25.0 Å². The van der Waals surface area contributed by atoms with Gasteiger partial charge in [0, 0.05) is 45.0 Å². The van der Waals surface area contributed by atoms with E-state index in [1.807, 2.05) is 0 Å². The van der Waals surface area contributed by atoms with Crippen LogP contribution in [0, 0.1) is 0 Å². The third kappa shape index (κ3) is 8.65. The van der Waals surface area contributed by atoms with E-state index >= 15 is 0 Å². The van der Waals surface area contributed by atoms with Crippen molar-refractivity contribution in [3.63, 3.8) is 0 Å². The average molecular weight is 517 g/mol. The number of anilines is 1. The number of nitrogens with one attached hydrogen (secondary N) is 2. The Morgan fingerprint density at radius 3 is 2.28 bits per heavy atom. The van der Waals surface area contributed by atoms with Crippen LogP contribution in [0.1, 0.15) is 18.9 Å². The summed E-state index contributed by atoms with van der Waals surface area (Å²) in [6.45, 7) is 13.1. The molecule has 0 spiro atoms. The highest BCUT2D eigenvalue weighted by molar-refractivity contribution is 14.0. The fourth-order valence-electron chi connectivity index (χ4n) is 3.48. The number of benzene rings is 1. The second kappa shape index (κ2) is 14.0. The molecule has 0 unspecified atom stereocenters. The zero-order chi connectivity index (χ0) is 19.4. The molecule has 2 N–H and O–H groups in total. The number of morpholine rings is 2. The molecule has 2 fully saturated rings. The van der Waals surface area contributed by atoms with E-state index in [-0.39, 0.29) is 24.0 Å². The van der Waals surface area contributed by atoms with E-state index in [0.717, 1.165) is 84.6 Å². The smallest absolute Gasteiger partial charge is 0.191 e. The van der Waals surface area contributed by atoms with E-state index in [0.29, 0.717) is 6.54 Å². The van der Waals surface area contributed by atoms with Crippen molar-refractivity contribution in [3.8, 4) is 0 Å². The van der Waals surface area contributed by atoms with Crippen molar-refractivity contribution in [2.24, 2.45) is 4.99 Å². The van der Waals surface area contributed by atoms with Crippen LogP contribution in [0.3, 0.4) is 0 Å². The minimum Gasteiger partial charge on any atom is -0.379 e. The van der Waals surface area contributed by atoms with E-state index < -0.39 is 0 Å². The number of nitrogens with zero attached hydrogens (tertiary/aromatic N) is 3. The number of hydrogen-bond acceptors (Lipinski definition) is 5. The second-order valence-electron chi connectivity index (χ2n) is 7.20. The molecule has 2 saturated heterocycles. The fourth-order valence-corrected chi connectivity index (χ4v) is 3.48. The van der Waals surface area contributed by atoms with E-state index in [1.54, 1.807) is 0 Å². The van der Waals surface area contributed by atoms with Gasteiger partial charge in [0.1, 0.15) is 0 Å². The SMILES string of the molecule is CCNC(=NCc1ccc(N2CCOCC2)cc1)NCCCN1CCOCC1.I. The van der Waals surface area contributed by atoms with Crippen molar-refractivity contribution in [1.29, 1.82) is 0 Å². The number of ether oxygens (including phenoxy) is 2. The Bertz CT molecular complexity index is 587. The predicted molar refractivity (Wildman–Crippen MR) is 130 cm³/mol. The molecule has 3 rings (SSSR count). The number of hydrogen-bond donors (Lipinski definition) is 2. The molecule has 2 heterocycles. The van der Waals surface area contributed by atoms with Crippen LogP contribution in [0.2, 0.25) is 0 Å². The first-order valence-electron chi connectivity index (χ1n) is 10.6. The summed E-state index contributed by atoms with van der Waals surface area (Å²) < 4.78 is 10.8. The normalized spacial score (nSPS) is 18.2. The van der Waals surface area contributed by atoms with Crippen LogP contribution < -0.4 is 15.5 Å². The van der Waals surface area contributed by atoms with Crippen molar-refractivity contribution >= 4 is 35.6 Å². The molecule has 8 heteroatoms. The topological polar surface area (TPSA) is 61.4 Å².